The van der Waals surface area contributed by atoms with Crippen LogP contribution in [-0.4, -0.2) is 16.9 Å². The number of nitrogens with one attached hydrogen (secondary N) is 3. The van der Waals surface area contributed by atoms with Crippen LogP contribution in [0, 0.1) is 5.92 Å². The van der Waals surface area contributed by atoms with E-state index in [0.717, 1.165) is 0 Å². The van der Waals surface area contributed by atoms with E-state index in [4.69, 9.17) is 16.6 Å². The summed E-state index contributed by atoms with van der Waals surface area (Å²) < 4.78 is 5.16. The molecule has 3 N–H and O–H groups in total. The number of hydrogen-bond donors (Lipinski definition) is 3. The fraction of sp³-hybridized carbons (Fsp3) is 0.278. The van der Waals surface area contributed by atoms with E-state index in [1.807, 2.05) is 13.8 Å². The highest BCUT2D eigenvalue weighted by Gasteiger charge is 2.09. The second kappa shape index (κ2) is 8.98. The minimum Gasteiger partial charge on any atom is -0.467 e. The average Bonchev–Trinajstić information content (AvgIpc) is 3.05. The van der Waals surface area contributed by atoms with Gasteiger partial charge in [-0.15, -0.1) is 0 Å². The molecular formula is C18H21N3O3S. The van der Waals surface area contributed by atoms with Gasteiger partial charge in [0.05, 0.1) is 12.8 Å². The number of benzene rings is 1. The van der Waals surface area contributed by atoms with Gasteiger partial charge in [-0.3, -0.25) is 9.59 Å². The lowest BCUT2D eigenvalue weighted by atomic mass is 10.1. The lowest BCUT2D eigenvalue weighted by Crippen LogP contribution is -2.34. The third-order valence-electron chi connectivity index (χ3n) is 3.25. The highest BCUT2D eigenvalue weighted by Crippen LogP contribution is 2.10. The second-order valence-electron chi connectivity index (χ2n) is 5.94. The van der Waals surface area contributed by atoms with Crippen LogP contribution in [-0.2, 0) is 11.3 Å². The zero-order valence-electron chi connectivity index (χ0n) is 14.2. The van der Waals surface area contributed by atoms with E-state index in [9.17, 15) is 9.59 Å². The van der Waals surface area contributed by atoms with Gasteiger partial charge < -0.3 is 20.4 Å². The Kier molecular flexibility index (Phi) is 6.71. The Morgan fingerprint density at radius 1 is 1.16 bits per heavy atom. The summed E-state index contributed by atoms with van der Waals surface area (Å²) in [5, 5.41) is 8.55. The van der Waals surface area contributed by atoms with E-state index in [1.165, 1.54) is 0 Å². The average molecular weight is 359 g/mol. The van der Waals surface area contributed by atoms with Crippen molar-refractivity contribution in [1.29, 1.82) is 0 Å². The number of carbonyl (C=O) groups is 2. The molecule has 0 fully saturated rings. The topological polar surface area (TPSA) is 83.4 Å². The number of thiocarbonyl (C=S) groups is 1. The van der Waals surface area contributed by atoms with Crippen LogP contribution in [0.2, 0.25) is 0 Å². The minimum absolute atomic E-state index is 0.124. The number of hydrogen-bond acceptors (Lipinski definition) is 4. The van der Waals surface area contributed by atoms with Crippen LogP contribution in [0.25, 0.3) is 0 Å². The van der Waals surface area contributed by atoms with E-state index in [2.05, 4.69) is 16.0 Å². The summed E-state index contributed by atoms with van der Waals surface area (Å²) in [4.78, 5) is 23.7. The van der Waals surface area contributed by atoms with Crippen LogP contribution in [0.15, 0.2) is 47.1 Å². The van der Waals surface area contributed by atoms with Gasteiger partial charge in [-0.2, -0.15) is 0 Å². The SMILES string of the molecule is CC(C)CC(=O)NC(=S)Nc1ccc(C(=O)NCc2ccco2)cc1. The Morgan fingerprint density at radius 2 is 1.88 bits per heavy atom. The number of amides is 2. The van der Waals surface area contributed by atoms with Crippen molar-refractivity contribution in [2.45, 2.75) is 26.8 Å². The molecule has 0 atom stereocenters. The van der Waals surface area contributed by atoms with Crippen molar-refractivity contribution in [1.82, 2.24) is 10.6 Å². The first kappa shape index (κ1) is 18.7. The third-order valence-corrected chi connectivity index (χ3v) is 3.46. The first-order valence-corrected chi connectivity index (χ1v) is 8.36. The quantitative estimate of drug-likeness (QED) is 0.691. The first-order chi connectivity index (χ1) is 11.9. The molecule has 2 amide bonds. The van der Waals surface area contributed by atoms with E-state index in [-0.39, 0.29) is 22.8 Å². The summed E-state index contributed by atoms with van der Waals surface area (Å²) in [7, 11) is 0. The molecule has 1 aromatic carbocycles. The van der Waals surface area contributed by atoms with Crippen LogP contribution in [0.5, 0.6) is 0 Å². The summed E-state index contributed by atoms with van der Waals surface area (Å²) in [6.45, 7) is 4.26. The molecule has 6 nitrogen and oxygen atoms in total. The zero-order chi connectivity index (χ0) is 18.2. The molecule has 0 aliphatic rings. The van der Waals surface area contributed by atoms with E-state index < -0.39 is 0 Å². The maximum atomic E-state index is 12.1. The summed E-state index contributed by atoms with van der Waals surface area (Å²) in [6, 6.07) is 10.4. The van der Waals surface area contributed by atoms with Crippen LogP contribution < -0.4 is 16.0 Å². The Bertz CT molecular complexity index is 725. The molecule has 0 saturated carbocycles. The fourth-order valence-electron chi connectivity index (χ4n) is 2.10. The molecule has 0 spiro atoms. The van der Waals surface area contributed by atoms with Gasteiger partial charge in [0.15, 0.2) is 5.11 Å². The number of carbonyl (C=O) groups excluding carboxylic acids is 2. The molecule has 2 rings (SSSR count). The normalized spacial score (nSPS) is 10.4. The monoisotopic (exact) mass is 359 g/mol. The lowest BCUT2D eigenvalue weighted by Gasteiger charge is -2.11. The Balaban J connectivity index is 1.83. The van der Waals surface area contributed by atoms with Gasteiger partial charge in [0.25, 0.3) is 5.91 Å². The van der Waals surface area contributed by atoms with Crippen molar-refractivity contribution < 1.29 is 14.0 Å². The van der Waals surface area contributed by atoms with Crippen LogP contribution in [0.3, 0.4) is 0 Å². The maximum absolute atomic E-state index is 12.1. The van der Waals surface area contributed by atoms with Crippen molar-refractivity contribution in [3.63, 3.8) is 0 Å². The predicted molar refractivity (Wildman–Crippen MR) is 100 cm³/mol. The van der Waals surface area contributed by atoms with Gasteiger partial charge in [0, 0.05) is 17.7 Å². The van der Waals surface area contributed by atoms with Crippen molar-refractivity contribution >= 4 is 34.8 Å². The van der Waals surface area contributed by atoms with E-state index >= 15 is 0 Å². The molecule has 1 aromatic heterocycles. The lowest BCUT2D eigenvalue weighted by molar-refractivity contribution is -0.120. The van der Waals surface area contributed by atoms with Crippen molar-refractivity contribution in [2.24, 2.45) is 5.92 Å². The molecular weight excluding hydrogens is 338 g/mol. The molecule has 132 valence electrons. The highest BCUT2D eigenvalue weighted by atomic mass is 32.1. The second-order valence-corrected chi connectivity index (χ2v) is 6.35. The van der Waals surface area contributed by atoms with Gasteiger partial charge in [-0.25, -0.2) is 0 Å². The number of rotatable bonds is 6. The van der Waals surface area contributed by atoms with Gasteiger partial charge in [0.1, 0.15) is 5.76 Å². The predicted octanol–water partition coefficient (Wildman–Crippen LogP) is 3.07. The van der Waals surface area contributed by atoms with Gasteiger partial charge >= 0.3 is 0 Å². The van der Waals surface area contributed by atoms with Gasteiger partial charge in [0.2, 0.25) is 5.91 Å². The molecule has 0 unspecified atom stereocenters. The van der Waals surface area contributed by atoms with Crippen molar-refractivity contribution in [3.05, 3.63) is 54.0 Å². The fourth-order valence-corrected chi connectivity index (χ4v) is 2.33. The minimum atomic E-state index is -0.198. The molecule has 7 heteroatoms. The summed E-state index contributed by atoms with van der Waals surface area (Å²) in [5.41, 5.74) is 1.21. The van der Waals surface area contributed by atoms with Crippen LogP contribution in [0.1, 0.15) is 36.4 Å². The summed E-state index contributed by atoms with van der Waals surface area (Å²) >= 11 is 5.10. The molecule has 0 saturated heterocycles. The molecule has 2 aromatic rings. The molecule has 0 radical (unpaired) electrons. The Hall–Kier alpha value is -2.67. The van der Waals surface area contributed by atoms with Crippen LogP contribution in [0.4, 0.5) is 5.69 Å². The molecule has 25 heavy (non-hydrogen) atoms. The summed E-state index contributed by atoms with van der Waals surface area (Å²) in [5.74, 6) is 0.632. The van der Waals surface area contributed by atoms with E-state index in [1.54, 1.807) is 42.7 Å². The molecule has 0 aliphatic heterocycles. The van der Waals surface area contributed by atoms with Crippen LogP contribution >= 0.6 is 12.2 Å². The maximum Gasteiger partial charge on any atom is 0.251 e. The number of furan rings is 1. The standard InChI is InChI=1S/C18H21N3O3S/c1-12(2)10-16(22)21-18(25)20-14-7-5-13(6-8-14)17(23)19-11-15-4-3-9-24-15/h3-9,12H,10-11H2,1-2H3,(H,19,23)(H2,20,21,22,25). The van der Waals surface area contributed by atoms with Gasteiger partial charge in [-0.05, 0) is 54.5 Å². The largest absolute Gasteiger partial charge is 0.467 e. The third kappa shape index (κ3) is 6.39. The molecule has 0 aliphatic carbocycles. The molecule has 1 heterocycles. The van der Waals surface area contributed by atoms with E-state index in [0.29, 0.717) is 30.0 Å². The van der Waals surface area contributed by atoms with Gasteiger partial charge in [-0.1, -0.05) is 13.8 Å². The van der Waals surface area contributed by atoms with Crippen molar-refractivity contribution in [3.8, 4) is 0 Å². The molecule has 0 bridgehead atoms. The Labute approximate surface area is 152 Å². The smallest absolute Gasteiger partial charge is 0.251 e. The Morgan fingerprint density at radius 3 is 2.48 bits per heavy atom. The highest BCUT2D eigenvalue weighted by molar-refractivity contribution is 7.80. The number of anilines is 1. The first-order valence-electron chi connectivity index (χ1n) is 7.95. The summed E-state index contributed by atoms with van der Waals surface area (Å²) in [6.07, 6.45) is 1.97. The zero-order valence-corrected chi connectivity index (χ0v) is 15.0. The van der Waals surface area contributed by atoms with Crippen molar-refractivity contribution in [2.75, 3.05) is 5.32 Å².